The van der Waals surface area contributed by atoms with Crippen molar-refractivity contribution in [2.24, 2.45) is 0 Å². The summed E-state index contributed by atoms with van der Waals surface area (Å²) in [6, 6.07) is 26.8. The van der Waals surface area contributed by atoms with Crippen molar-refractivity contribution in [3.8, 4) is 22.6 Å². The van der Waals surface area contributed by atoms with Gasteiger partial charge in [0.25, 0.3) is 0 Å². The van der Waals surface area contributed by atoms with Crippen molar-refractivity contribution in [3.05, 3.63) is 114 Å². The second-order valence-electron chi connectivity index (χ2n) is 8.39. The first kappa shape index (κ1) is 24.0. The fourth-order valence-corrected chi connectivity index (χ4v) is 4.34. The second-order valence-corrected chi connectivity index (χ2v) is 8.39. The molecule has 0 spiro atoms. The summed E-state index contributed by atoms with van der Waals surface area (Å²) in [5.41, 5.74) is 7.56. The third-order valence-corrected chi connectivity index (χ3v) is 5.79. The number of hydrogen-bond acceptors (Lipinski definition) is 4. The molecule has 1 aromatic heterocycles. The maximum atomic E-state index is 6.41. The van der Waals surface area contributed by atoms with Crippen molar-refractivity contribution in [2.75, 3.05) is 11.4 Å². The van der Waals surface area contributed by atoms with Gasteiger partial charge in [-0.15, -0.1) is 41.6 Å². The van der Waals surface area contributed by atoms with E-state index in [4.69, 9.17) is 9.40 Å². The summed E-state index contributed by atoms with van der Waals surface area (Å²) in [7, 11) is 0. The molecule has 34 heavy (non-hydrogen) atoms. The van der Waals surface area contributed by atoms with Crippen molar-refractivity contribution in [2.45, 2.75) is 27.2 Å². The standard InChI is InChI=1S/C29H26N3O.Pt/c1-21-18-22(2)27(23(3)19-21)29-28(24-10-6-4-7-11-24)30-26(33-29)14-15-31-16-17-32(20-31)25-12-8-5-9-13-25;/h4-10,12,16-20H,14-15H2,1-3H3;/q-3;. The molecule has 5 heteroatoms. The fraction of sp³-hybridized carbons (Fsp3) is 0.172. The van der Waals surface area contributed by atoms with E-state index in [1.165, 1.54) is 16.7 Å². The summed E-state index contributed by atoms with van der Waals surface area (Å²) in [5.74, 6) is 1.55. The van der Waals surface area contributed by atoms with E-state index in [1.54, 1.807) is 0 Å². The van der Waals surface area contributed by atoms with E-state index in [0.717, 1.165) is 40.7 Å². The van der Waals surface area contributed by atoms with Gasteiger partial charge in [-0.3, -0.25) is 4.98 Å². The molecule has 0 radical (unpaired) electrons. The maximum Gasteiger partial charge on any atom is 0.186 e. The molecule has 0 fully saturated rings. The molecule has 2 heterocycles. The summed E-state index contributed by atoms with van der Waals surface area (Å²) in [6.45, 7) is 9.22. The van der Waals surface area contributed by atoms with Crippen molar-refractivity contribution >= 4 is 5.69 Å². The average Bonchev–Trinajstić information content (AvgIpc) is 3.46. The van der Waals surface area contributed by atoms with Crippen molar-refractivity contribution in [3.63, 3.8) is 0 Å². The molecule has 0 saturated heterocycles. The minimum absolute atomic E-state index is 0. The van der Waals surface area contributed by atoms with E-state index in [1.807, 2.05) is 54.7 Å². The molecule has 0 bridgehead atoms. The Morgan fingerprint density at radius 3 is 2.35 bits per heavy atom. The fourth-order valence-electron chi connectivity index (χ4n) is 4.34. The molecular weight excluding hydrogens is 601 g/mol. The number of rotatable bonds is 6. The molecule has 1 aliphatic rings. The van der Waals surface area contributed by atoms with Gasteiger partial charge in [0.15, 0.2) is 5.89 Å². The molecule has 0 unspecified atom stereocenters. The molecule has 0 aliphatic carbocycles. The summed E-state index contributed by atoms with van der Waals surface area (Å²) in [5, 5.41) is 0. The van der Waals surface area contributed by atoms with E-state index in [-0.39, 0.29) is 21.1 Å². The van der Waals surface area contributed by atoms with Crippen molar-refractivity contribution < 1.29 is 25.5 Å². The second kappa shape index (κ2) is 10.4. The number of anilines is 1. The van der Waals surface area contributed by atoms with Gasteiger partial charge in [-0.25, -0.2) is 0 Å². The van der Waals surface area contributed by atoms with Crippen LogP contribution in [0.3, 0.4) is 0 Å². The zero-order valence-corrected chi connectivity index (χ0v) is 21.8. The van der Waals surface area contributed by atoms with Crippen molar-refractivity contribution in [1.29, 1.82) is 0 Å². The van der Waals surface area contributed by atoms with Gasteiger partial charge in [-0.1, -0.05) is 17.7 Å². The van der Waals surface area contributed by atoms with E-state index in [2.05, 4.69) is 67.7 Å². The van der Waals surface area contributed by atoms with Gasteiger partial charge in [0, 0.05) is 38.7 Å². The summed E-state index contributed by atoms with van der Waals surface area (Å²) >= 11 is 0. The van der Waals surface area contributed by atoms with Crippen LogP contribution in [-0.2, 0) is 27.5 Å². The normalized spacial score (nSPS) is 12.8. The Balaban J connectivity index is 0.00000274. The first-order valence-electron chi connectivity index (χ1n) is 11.2. The molecular formula is C29H26N3OPt-3. The van der Waals surface area contributed by atoms with Gasteiger partial charge in [0.1, 0.15) is 5.76 Å². The van der Waals surface area contributed by atoms with Gasteiger partial charge in [-0.2, -0.15) is 37.0 Å². The van der Waals surface area contributed by atoms with Crippen LogP contribution >= 0.6 is 0 Å². The molecule has 4 nitrogen and oxygen atoms in total. The Kier molecular flexibility index (Phi) is 7.38. The third-order valence-electron chi connectivity index (χ3n) is 5.79. The van der Waals surface area contributed by atoms with Gasteiger partial charge in [0.05, 0.1) is 0 Å². The molecule has 0 N–H and O–H groups in total. The first-order chi connectivity index (χ1) is 16.1. The topological polar surface area (TPSA) is 32.5 Å². The molecule has 5 rings (SSSR count). The minimum Gasteiger partial charge on any atom is -0.507 e. The van der Waals surface area contributed by atoms with Crippen LogP contribution in [0.5, 0.6) is 0 Å². The quantitative estimate of drug-likeness (QED) is 0.229. The zero-order valence-electron chi connectivity index (χ0n) is 19.5. The van der Waals surface area contributed by atoms with E-state index in [9.17, 15) is 0 Å². The van der Waals surface area contributed by atoms with Crippen LogP contribution in [0.25, 0.3) is 22.6 Å². The number of aryl methyl sites for hydroxylation is 3. The predicted molar refractivity (Wildman–Crippen MR) is 132 cm³/mol. The summed E-state index contributed by atoms with van der Waals surface area (Å²) in [6.07, 6.45) is 4.79. The third kappa shape index (κ3) is 5.03. The van der Waals surface area contributed by atoms with Gasteiger partial charge in [-0.05, 0) is 50.8 Å². The van der Waals surface area contributed by atoms with Gasteiger partial charge in [0.2, 0.25) is 0 Å². The van der Waals surface area contributed by atoms with Gasteiger partial charge >= 0.3 is 0 Å². The predicted octanol–water partition coefficient (Wildman–Crippen LogP) is 6.49. The van der Waals surface area contributed by atoms with E-state index < -0.39 is 0 Å². The summed E-state index contributed by atoms with van der Waals surface area (Å²) in [4.78, 5) is 9.12. The van der Waals surface area contributed by atoms with E-state index >= 15 is 0 Å². The van der Waals surface area contributed by atoms with Crippen LogP contribution in [0, 0.1) is 39.6 Å². The van der Waals surface area contributed by atoms with Crippen LogP contribution < -0.4 is 4.90 Å². The van der Waals surface area contributed by atoms with Gasteiger partial charge < -0.3 is 14.2 Å². The molecule has 0 saturated carbocycles. The number of hydrogen-bond donors (Lipinski definition) is 0. The molecule has 176 valence electrons. The maximum absolute atomic E-state index is 6.41. The minimum atomic E-state index is 0. The average molecular weight is 628 g/mol. The Bertz CT molecular complexity index is 1260. The van der Waals surface area contributed by atoms with Crippen LogP contribution in [0.15, 0.2) is 77.5 Å². The SMILES string of the molecule is Cc1cc(C)c(-c2oc(CCN3C=CN(c4[c-]cccc4)[CH-]3)nc2-c2[c-]cccc2)c(C)c1.[Pt]. The van der Waals surface area contributed by atoms with Crippen LogP contribution in [-0.4, -0.2) is 16.4 Å². The number of oxazole rings is 1. The molecule has 3 aromatic carbocycles. The number of benzene rings is 3. The van der Waals surface area contributed by atoms with Crippen LogP contribution in [0.1, 0.15) is 22.6 Å². The zero-order chi connectivity index (χ0) is 22.8. The van der Waals surface area contributed by atoms with Crippen LogP contribution in [0.2, 0.25) is 0 Å². The monoisotopic (exact) mass is 627 g/mol. The Labute approximate surface area is 216 Å². The Hall–Kier alpha value is -3.10. The molecule has 0 atom stereocenters. The molecule has 1 aliphatic heterocycles. The first-order valence-corrected chi connectivity index (χ1v) is 11.2. The largest absolute Gasteiger partial charge is 0.507 e. The summed E-state index contributed by atoms with van der Waals surface area (Å²) < 4.78 is 6.41. The number of para-hydroxylation sites is 1. The van der Waals surface area contributed by atoms with Crippen molar-refractivity contribution in [1.82, 2.24) is 9.88 Å². The number of nitrogens with zero attached hydrogens (tertiary/aromatic N) is 3. The number of aromatic nitrogens is 1. The Morgan fingerprint density at radius 2 is 1.68 bits per heavy atom. The van der Waals surface area contributed by atoms with Crippen LogP contribution in [0.4, 0.5) is 5.69 Å². The molecule has 0 amide bonds. The smallest absolute Gasteiger partial charge is 0.186 e. The molecule has 4 aromatic rings. The van der Waals surface area contributed by atoms with E-state index in [0.29, 0.717) is 6.42 Å². The Morgan fingerprint density at radius 1 is 0.941 bits per heavy atom.